The van der Waals surface area contributed by atoms with Crippen LogP contribution in [0.3, 0.4) is 0 Å². The number of rotatable bonds is 6. The molecule has 1 fully saturated rings. The van der Waals surface area contributed by atoms with Gasteiger partial charge >= 0.3 is 0 Å². The van der Waals surface area contributed by atoms with Gasteiger partial charge in [0.15, 0.2) is 0 Å². The Hall–Kier alpha value is -3.34. The number of benzene rings is 2. The number of sulfonamides is 1. The van der Waals surface area contributed by atoms with Crippen molar-refractivity contribution in [1.82, 2.24) is 14.6 Å². The lowest BCUT2D eigenvalue weighted by molar-refractivity contribution is -0.134. The van der Waals surface area contributed by atoms with Crippen molar-refractivity contribution in [1.29, 1.82) is 0 Å². The number of carbonyl (C=O) groups is 2. The molecule has 4 rings (SSSR count). The van der Waals surface area contributed by atoms with Gasteiger partial charge in [0.2, 0.25) is 15.9 Å². The van der Waals surface area contributed by atoms with Gasteiger partial charge in [0.05, 0.1) is 22.1 Å². The normalized spacial score (nSPS) is 19.2. The van der Waals surface area contributed by atoms with Gasteiger partial charge in [-0.1, -0.05) is 25.1 Å². The van der Waals surface area contributed by atoms with Gasteiger partial charge in [0.1, 0.15) is 0 Å². The van der Waals surface area contributed by atoms with Crippen molar-refractivity contribution in [2.45, 2.75) is 44.2 Å². The summed E-state index contributed by atoms with van der Waals surface area (Å²) in [6, 6.07) is 12.7. The van der Waals surface area contributed by atoms with Crippen LogP contribution in [0.25, 0.3) is 10.9 Å². The van der Waals surface area contributed by atoms with Crippen LogP contribution in [0.5, 0.6) is 0 Å². The Morgan fingerprint density at radius 2 is 1.89 bits per heavy atom. The Bertz CT molecular complexity index is 1410. The second-order valence-electron chi connectivity index (χ2n) is 9.35. The van der Waals surface area contributed by atoms with Gasteiger partial charge in [-0.3, -0.25) is 14.6 Å². The third-order valence-electron chi connectivity index (χ3n) is 6.57. The number of nitrogens with zero attached hydrogens (tertiary/aromatic N) is 2. The Morgan fingerprint density at radius 1 is 1.14 bits per heavy atom. The highest BCUT2D eigenvalue weighted by Gasteiger charge is 2.33. The third-order valence-corrected chi connectivity index (χ3v) is 8.12. The van der Waals surface area contributed by atoms with Crippen LogP contribution < -0.4 is 15.8 Å². The number of hydrogen-bond acceptors (Lipinski definition) is 6. The molecular weight excluding hydrogens is 478 g/mol. The Balaban J connectivity index is 1.58. The van der Waals surface area contributed by atoms with E-state index in [1.54, 1.807) is 48.4 Å². The van der Waals surface area contributed by atoms with E-state index in [2.05, 4.69) is 15.0 Å². The second-order valence-corrected chi connectivity index (χ2v) is 11.0. The number of nitrogens with one attached hydrogen (secondary N) is 2. The number of likely N-dealkylation sites (tertiary alicyclic amines) is 1. The topological polar surface area (TPSA) is 134 Å². The van der Waals surface area contributed by atoms with Crippen LogP contribution in [0.4, 0.5) is 5.69 Å². The van der Waals surface area contributed by atoms with E-state index >= 15 is 0 Å². The van der Waals surface area contributed by atoms with Crippen molar-refractivity contribution >= 4 is 38.4 Å². The van der Waals surface area contributed by atoms with Crippen molar-refractivity contribution in [3.63, 3.8) is 0 Å². The van der Waals surface area contributed by atoms with E-state index < -0.39 is 16.1 Å². The molecule has 3 atom stereocenters. The van der Waals surface area contributed by atoms with Crippen molar-refractivity contribution in [3.8, 4) is 0 Å². The number of hydrogen-bond donors (Lipinski definition) is 3. The van der Waals surface area contributed by atoms with Crippen LogP contribution in [0.15, 0.2) is 59.6 Å². The first-order valence-electron chi connectivity index (χ1n) is 11.9. The van der Waals surface area contributed by atoms with E-state index in [4.69, 9.17) is 5.73 Å². The molecule has 9 nitrogen and oxygen atoms in total. The second kappa shape index (κ2) is 10.3. The number of fused-ring (bicyclic) bond motifs is 1. The highest BCUT2D eigenvalue weighted by molar-refractivity contribution is 7.89. The molecule has 4 N–H and O–H groups in total. The van der Waals surface area contributed by atoms with Crippen LogP contribution in [0.2, 0.25) is 0 Å². The molecule has 36 heavy (non-hydrogen) atoms. The van der Waals surface area contributed by atoms with Crippen molar-refractivity contribution < 1.29 is 18.0 Å². The average molecular weight is 510 g/mol. The van der Waals surface area contributed by atoms with Gasteiger partial charge in [-0.25, -0.2) is 13.1 Å². The number of aryl methyl sites for hydroxylation is 1. The largest absolute Gasteiger partial charge is 0.341 e. The van der Waals surface area contributed by atoms with E-state index in [9.17, 15) is 18.0 Å². The first-order chi connectivity index (χ1) is 17.1. The molecular formula is C26H31N5O4S. The van der Waals surface area contributed by atoms with E-state index in [1.165, 1.54) is 6.07 Å². The molecule has 3 unspecified atom stereocenters. The third kappa shape index (κ3) is 5.25. The fourth-order valence-corrected chi connectivity index (χ4v) is 6.15. The molecule has 10 heteroatoms. The number of nitrogens with two attached hydrogens (primary N) is 1. The van der Waals surface area contributed by atoms with Crippen LogP contribution in [-0.2, 0) is 14.8 Å². The van der Waals surface area contributed by atoms with E-state index in [-0.39, 0.29) is 28.7 Å². The van der Waals surface area contributed by atoms with Gasteiger partial charge in [0.25, 0.3) is 5.91 Å². The van der Waals surface area contributed by atoms with Gasteiger partial charge < -0.3 is 16.0 Å². The van der Waals surface area contributed by atoms with Crippen molar-refractivity contribution in [3.05, 3.63) is 65.9 Å². The number of pyridine rings is 1. The smallest absolute Gasteiger partial charge is 0.255 e. The first kappa shape index (κ1) is 25.7. The van der Waals surface area contributed by atoms with E-state index in [0.29, 0.717) is 41.7 Å². The number of carbonyl (C=O) groups excluding carboxylic acids is 2. The molecule has 2 aromatic carbocycles. The summed E-state index contributed by atoms with van der Waals surface area (Å²) in [7, 11) is -3.91. The maximum Gasteiger partial charge on any atom is 0.255 e. The first-order valence-corrected chi connectivity index (χ1v) is 13.4. The molecule has 0 radical (unpaired) electrons. The summed E-state index contributed by atoms with van der Waals surface area (Å²) in [6.07, 6.45) is 2.04. The lowest BCUT2D eigenvalue weighted by Crippen LogP contribution is -2.54. The predicted octanol–water partition coefficient (Wildman–Crippen LogP) is 2.66. The highest BCUT2D eigenvalue weighted by atomic mass is 32.2. The Morgan fingerprint density at radius 3 is 2.58 bits per heavy atom. The van der Waals surface area contributed by atoms with Crippen molar-refractivity contribution in [2.75, 3.05) is 18.4 Å². The zero-order chi connectivity index (χ0) is 26.0. The van der Waals surface area contributed by atoms with Gasteiger partial charge in [0, 0.05) is 36.3 Å². The fraction of sp³-hybridized carbons (Fsp3) is 0.346. The number of amides is 2. The lowest BCUT2D eigenvalue weighted by atomic mass is 9.94. The van der Waals surface area contributed by atoms with E-state index in [1.807, 2.05) is 26.0 Å². The number of piperidine rings is 1. The average Bonchev–Trinajstić information content (AvgIpc) is 2.85. The molecule has 1 aliphatic rings. The highest BCUT2D eigenvalue weighted by Crippen LogP contribution is 2.29. The number of anilines is 1. The van der Waals surface area contributed by atoms with Crippen LogP contribution in [-0.4, -0.2) is 55.3 Å². The maximum atomic E-state index is 13.5. The molecule has 1 aromatic heterocycles. The summed E-state index contributed by atoms with van der Waals surface area (Å²) >= 11 is 0. The molecule has 1 aliphatic heterocycles. The maximum absolute atomic E-state index is 13.5. The quantitative estimate of drug-likeness (QED) is 0.468. The Labute approximate surface area is 211 Å². The van der Waals surface area contributed by atoms with Gasteiger partial charge in [-0.15, -0.1) is 0 Å². The molecule has 0 saturated carbocycles. The zero-order valence-corrected chi connectivity index (χ0v) is 21.4. The van der Waals surface area contributed by atoms with Gasteiger partial charge in [-0.05, 0) is 62.1 Å². The summed E-state index contributed by atoms with van der Waals surface area (Å²) in [4.78, 5) is 31.3. The molecule has 190 valence electrons. The van der Waals surface area contributed by atoms with Gasteiger partial charge in [-0.2, -0.15) is 0 Å². The molecule has 2 heterocycles. The molecule has 0 aliphatic carbocycles. The van der Waals surface area contributed by atoms with Crippen LogP contribution in [0.1, 0.15) is 36.2 Å². The summed E-state index contributed by atoms with van der Waals surface area (Å²) in [5, 5.41) is 3.28. The fourth-order valence-electron chi connectivity index (χ4n) is 4.57. The predicted molar refractivity (Wildman–Crippen MR) is 139 cm³/mol. The van der Waals surface area contributed by atoms with Crippen LogP contribution in [0, 0.1) is 12.8 Å². The Kier molecular flexibility index (Phi) is 7.39. The summed E-state index contributed by atoms with van der Waals surface area (Å²) < 4.78 is 29.7. The minimum Gasteiger partial charge on any atom is -0.341 e. The summed E-state index contributed by atoms with van der Waals surface area (Å²) in [5.74, 6) is -0.521. The van der Waals surface area contributed by atoms with E-state index in [0.717, 1.165) is 5.56 Å². The van der Waals surface area contributed by atoms with Crippen LogP contribution >= 0.6 is 0 Å². The molecule has 2 amide bonds. The standard InChI is InChI=1S/C26H31N5O4S/c1-16-7-4-5-8-19(16)25(32)29-22-10-11-23(20-9-6-13-28-24(20)22)36(34,35)30-21-12-14-31(15-17(21)2)26(33)18(3)27/h4-11,13,17-18,21,30H,12,14-15,27H2,1-3H3,(H,29,32). The zero-order valence-electron chi connectivity index (χ0n) is 20.6. The summed E-state index contributed by atoms with van der Waals surface area (Å²) in [5.41, 5.74) is 7.89. The monoisotopic (exact) mass is 509 g/mol. The minimum absolute atomic E-state index is 0.0841. The minimum atomic E-state index is -3.91. The molecule has 0 bridgehead atoms. The number of aromatic nitrogens is 1. The molecule has 3 aromatic rings. The van der Waals surface area contributed by atoms with Crippen molar-refractivity contribution in [2.24, 2.45) is 11.7 Å². The lowest BCUT2D eigenvalue weighted by Gasteiger charge is -2.37. The summed E-state index contributed by atoms with van der Waals surface area (Å²) in [6.45, 7) is 6.28. The molecule has 1 saturated heterocycles. The molecule has 0 spiro atoms. The SMILES string of the molecule is Cc1ccccc1C(=O)Nc1ccc(S(=O)(=O)NC2CCN(C(=O)C(C)N)CC2C)c2cccnc12.